The molecule has 2 heteroatoms. The minimum Gasteiger partial charge on any atom is -0.385 e. The maximum Gasteiger partial charge on any atom is 0.0902 e. The van der Waals surface area contributed by atoms with Crippen LogP contribution >= 0.6 is 0 Å². The molecule has 0 bridgehead atoms. The van der Waals surface area contributed by atoms with Crippen LogP contribution in [0.5, 0.6) is 0 Å². The van der Waals surface area contributed by atoms with E-state index in [-0.39, 0.29) is 5.41 Å². The fourth-order valence-corrected chi connectivity index (χ4v) is 8.17. The average Bonchev–Trinajstić information content (AvgIpc) is 3.40. The molecule has 8 aromatic rings. The molecule has 0 saturated heterocycles. The van der Waals surface area contributed by atoms with E-state index in [1.165, 1.54) is 82.9 Å². The van der Waals surface area contributed by atoms with Gasteiger partial charge in [-0.3, -0.25) is 0 Å². The molecule has 240 valence electrons. The summed E-state index contributed by atoms with van der Waals surface area (Å²) < 4.78 is 2.35. The number of aromatic nitrogens is 1. The molecule has 0 amide bonds. The summed E-state index contributed by atoms with van der Waals surface area (Å²) in [6, 6.07) is 42.1. The second-order valence-electron chi connectivity index (χ2n) is 15.2. The minimum absolute atomic E-state index is 0.132. The number of aryl methyl sites for hydroxylation is 2. The largest absolute Gasteiger partial charge is 0.385 e. The predicted octanol–water partition coefficient (Wildman–Crippen LogP) is 12.4. The monoisotopic (exact) mass is 627 g/mol. The van der Waals surface area contributed by atoms with Gasteiger partial charge >= 0.3 is 0 Å². The lowest BCUT2D eigenvalue weighted by Gasteiger charge is -2.34. The molecule has 9 rings (SSSR count). The Morgan fingerprint density at radius 1 is 0.562 bits per heavy atom. The molecule has 1 aromatic heterocycles. The first-order valence-corrected chi connectivity index (χ1v) is 17.6. The lowest BCUT2D eigenvalue weighted by molar-refractivity contribution is 0.000782. The standard InChI is InChI=1S/C26H28O.C20H17N/c1-25(2,3)20-15-18-8-7-17-10-12-22(26(27)13-5-4-6-14-26)21-11-9-19(16-20)23(18)24(17)21;1-14-8-10-19-17(12-14)18-13-15(2)9-11-20(18)21(19)16-6-4-3-5-7-16/h7-12,15-16,27H,4-6,13-14H2,1-3H3;3-13H,1-2H3. The maximum atomic E-state index is 11.4. The SMILES string of the molecule is CC(C)(C)c1cc2ccc3ccc(C4(O)CCCCC4)c4ccc(c1)c2c34.Cc1ccc2c(c1)c1cc(C)ccc1n2-c1ccccc1. The summed E-state index contributed by atoms with van der Waals surface area (Å²) in [5, 5.41) is 21.9. The van der Waals surface area contributed by atoms with Crippen molar-refractivity contribution in [3.8, 4) is 5.69 Å². The van der Waals surface area contributed by atoms with Gasteiger partial charge in [-0.2, -0.15) is 0 Å². The average molecular weight is 628 g/mol. The van der Waals surface area contributed by atoms with Gasteiger partial charge in [0.15, 0.2) is 0 Å². The third-order valence-electron chi connectivity index (χ3n) is 10.7. The van der Waals surface area contributed by atoms with Gasteiger partial charge in [0.05, 0.1) is 16.6 Å². The molecule has 1 saturated carbocycles. The van der Waals surface area contributed by atoms with Crippen molar-refractivity contribution in [3.63, 3.8) is 0 Å². The Morgan fingerprint density at radius 3 is 1.73 bits per heavy atom. The van der Waals surface area contributed by atoms with E-state index in [2.05, 4.69) is 154 Å². The minimum atomic E-state index is -0.670. The van der Waals surface area contributed by atoms with Gasteiger partial charge in [-0.15, -0.1) is 0 Å². The number of para-hydroxylation sites is 1. The van der Waals surface area contributed by atoms with E-state index in [0.29, 0.717) is 0 Å². The Bertz CT molecular complexity index is 2360. The number of aliphatic hydroxyl groups is 1. The van der Waals surface area contributed by atoms with Crippen molar-refractivity contribution < 1.29 is 5.11 Å². The fourth-order valence-electron chi connectivity index (χ4n) is 8.17. The number of fused-ring (bicyclic) bond motifs is 3. The van der Waals surface area contributed by atoms with E-state index < -0.39 is 5.60 Å². The smallest absolute Gasteiger partial charge is 0.0902 e. The molecule has 0 spiro atoms. The van der Waals surface area contributed by atoms with Gasteiger partial charge in [-0.05, 0) is 112 Å². The third kappa shape index (κ3) is 5.15. The molecular formula is C46H45NO. The molecule has 1 aliphatic rings. The maximum absolute atomic E-state index is 11.4. The Labute approximate surface area is 284 Å². The summed E-state index contributed by atoms with van der Waals surface area (Å²) in [5.74, 6) is 0. The van der Waals surface area contributed by atoms with E-state index in [0.717, 1.165) is 31.2 Å². The van der Waals surface area contributed by atoms with Gasteiger partial charge in [-0.1, -0.05) is 130 Å². The molecule has 0 radical (unpaired) electrons. The zero-order valence-corrected chi connectivity index (χ0v) is 28.9. The Balaban J connectivity index is 0.000000145. The van der Waals surface area contributed by atoms with E-state index in [9.17, 15) is 5.11 Å². The quantitative estimate of drug-likeness (QED) is 0.190. The van der Waals surface area contributed by atoms with Gasteiger partial charge in [0.2, 0.25) is 0 Å². The molecule has 0 unspecified atom stereocenters. The summed E-state index contributed by atoms with van der Waals surface area (Å²) in [5.41, 5.74) is 8.32. The van der Waals surface area contributed by atoms with Crippen LogP contribution in [-0.2, 0) is 11.0 Å². The summed E-state index contributed by atoms with van der Waals surface area (Å²) >= 11 is 0. The highest BCUT2D eigenvalue weighted by atomic mass is 16.3. The third-order valence-corrected chi connectivity index (χ3v) is 10.7. The molecule has 7 aromatic carbocycles. The van der Waals surface area contributed by atoms with Crippen LogP contribution in [0.3, 0.4) is 0 Å². The van der Waals surface area contributed by atoms with Crippen LogP contribution in [0.2, 0.25) is 0 Å². The fraction of sp³-hybridized carbons (Fsp3) is 0.261. The van der Waals surface area contributed by atoms with Crippen molar-refractivity contribution in [3.05, 3.63) is 138 Å². The molecule has 2 nitrogen and oxygen atoms in total. The van der Waals surface area contributed by atoms with Crippen molar-refractivity contribution in [2.75, 3.05) is 0 Å². The van der Waals surface area contributed by atoms with Gasteiger partial charge in [0, 0.05) is 16.5 Å². The van der Waals surface area contributed by atoms with Crippen LogP contribution in [0, 0.1) is 13.8 Å². The topological polar surface area (TPSA) is 25.2 Å². The zero-order valence-electron chi connectivity index (χ0n) is 28.9. The van der Waals surface area contributed by atoms with Gasteiger partial charge in [-0.25, -0.2) is 0 Å². The summed E-state index contributed by atoms with van der Waals surface area (Å²) in [7, 11) is 0. The molecule has 1 aliphatic carbocycles. The number of hydrogen-bond acceptors (Lipinski definition) is 1. The molecule has 1 fully saturated rings. The highest BCUT2D eigenvalue weighted by molar-refractivity contribution is 6.24. The van der Waals surface area contributed by atoms with Gasteiger partial charge in [0.25, 0.3) is 0 Å². The number of hydrogen-bond donors (Lipinski definition) is 1. The lowest BCUT2D eigenvalue weighted by Crippen LogP contribution is -2.28. The highest BCUT2D eigenvalue weighted by Crippen LogP contribution is 2.44. The number of nitrogens with zero attached hydrogens (tertiary/aromatic N) is 1. The van der Waals surface area contributed by atoms with E-state index in [4.69, 9.17) is 0 Å². The first-order chi connectivity index (χ1) is 23.1. The van der Waals surface area contributed by atoms with Crippen molar-refractivity contribution in [1.29, 1.82) is 0 Å². The second-order valence-corrected chi connectivity index (χ2v) is 15.2. The first-order valence-electron chi connectivity index (χ1n) is 17.6. The molecule has 0 aliphatic heterocycles. The first kappa shape index (κ1) is 30.7. The molecule has 1 heterocycles. The van der Waals surface area contributed by atoms with Gasteiger partial charge < -0.3 is 9.67 Å². The molecular weight excluding hydrogens is 583 g/mol. The number of rotatable bonds is 2. The zero-order chi connectivity index (χ0) is 33.2. The van der Waals surface area contributed by atoms with Crippen molar-refractivity contribution in [2.45, 2.75) is 77.7 Å². The van der Waals surface area contributed by atoms with Crippen molar-refractivity contribution in [1.82, 2.24) is 4.57 Å². The molecule has 0 atom stereocenters. The molecule has 48 heavy (non-hydrogen) atoms. The number of benzene rings is 7. The van der Waals surface area contributed by atoms with Crippen LogP contribution in [0.25, 0.3) is 59.8 Å². The van der Waals surface area contributed by atoms with E-state index in [1.54, 1.807) is 0 Å². The van der Waals surface area contributed by atoms with Crippen LogP contribution in [-0.4, -0.2) is 9.67 Å². The summed E-state index contributed by atoms with van der Waals surface area (Å²) in [6.45, 7) is 11.1. The highest BCUT2D eigenvalue weighted by Gasteiger charge is 2.33. The van der Waals surface area contributed by atoms with Crippen LogP contribution in [0.15, 0.2) is 115 Å². The second kappa shape index (κ2) is 11.5. The lowest BCUT2D eigenvalue weighted by atomic mass is 9.76. The predicted molar refractivity (Wildman–Crippen MR) is 206 cm³/mol. The van der Waals surface area contributed by atoms with Crippen molar-refractivity contribution in [2.24, 2.45) is 0 Å². The van der Waals surface area contributed by atoms with Crippen molar-refractivity contribution >= 4 is 54.1 Å². The van der Waals surface area contributed by atoms with E-state index >= 15 is 0 Å². The normalized spacial score (nSPS) is 15.0. The molecule has 1 N–H and O–H groups in total. The Hall–Kier alpha value is -4.66. The van der Waals surface area contributed by atoms with Crippen LogP contribution in [0.4, 0.5) is 0 Å². The summed E-state index contributed by atoms with van der Waals surface area (Å²) in [6.07, 6.45) is 5.24. The van der Waals surface area contributed by atoms with Crippen LogP contribution in [0.1, 0.15) is 75.1 Å². The van der Waals surface area contributed by atoms with Gasteiger partial charge in [0.1, 0.15) is 0 Å². The van der Waals surface area contributed by atoms with E-state index in [1.807, 2.05) is 0 Å². The Morgan fingerprint density at radius 2 is 1.12 bits per heavy atom. The Kier molecular flexibility index (Phi) is 7.34. The van der Waals surface area contributed by atoms with Crippen LogP contribution < -0.4 is 0 Å². The summed E-state index contributed by atoms with van der Waals surface area (Å²) in [4.78, 5) is 0.